The van der Waals surface area contributed by atoms with Gasteiger partial charge in [0.25, 0.3) is 0 Å². The first-order valence-corrected chi connectivity index (χ1v) is 5.94. The van der Waals surface area contributed by atoms with Crippen molar-refractivity contribution in [2.75, 3.05) is 0 Å². The molecular formula is C15H17FN2. The Bertz CT molecular complexity index is 579. The Hall–Kier alpha value is -1.74. The van der Waals surface area contributed by atoms with Gasteiger partial charge < -0.3 is 5.73 Å². The standard InChI is InChI=1S/C15H17FN2/c1-9-4-5-13(16)12(7-9)14(17)15-11(3)6-10(2)8-18-15/h4-8,14H,17H2,1-3H3. The van der Waals surface area contributed by atoms with Crippen LogP contribution in [-0.2, 0) is 0 Å². The van der Waals surface area contributed by atoms with Gasteiger partial charge in [-0.1, -0.05) is 23.8 Å². The van der Waals surface area contributed by atoms with Crippen LogP contribution in [0.1, 0.15) is 34.0 Å². The Labute approximate surface area is 107 Å². The first kappa shape index (κ1) is 12.7. The SMILES string of the molecule is Cc1cnc(C(N)c2cc(C)ccc2F)c(C)c1. The highest BCUT2D eigenvalue weighted by atomic mass is 19.1. The van der Waals surface area contributed by atoms with Crippen molar-refractivity contribution in [3.63, 3.8) is 0 Å². The van der Waals surface area contributed by atoms with Crippen LogP contribution in [0.5, 0.6) is 0 Å². The van der Waals surface area contributed by atoms with Crippen molar-refractivity contribution in [1.82, 2.24) is 4.98 Å². The number of hydrogen-bond donors (Lipinski definition) is 1. The van der Waals surface area contributed by atoms with E-state index in [2.05, 4.69) is 4.98 Å². The molecule has 0 fully saturated rings. The van der Waals surface area contributed by atoms with Crippen LogP contribution in [0, 0.1) is 26.6 Å². The average molecular weight is 244 g/mol. The molecule has 1 atom stereocenters. The molecule has 0 radical (unpaired) electrons. The highest BCUT2D eigenvalue weighted by Crippen LogP contribution is 2.24. The van der Waals surface area contributed by atoms with Crippen LogP contribution in [0.3, 0.4) is 0 Å². The molecule has 0 amide bonds. The minimum Gasteiger partial charge on any atom is -0.319 e. The van der Waals surface area contributed by atoms with E-state index in [1.165, 1.54) is 6.07 Å². The van der Waals surface area contributed by atoms with E-state index in [0.29, 0.717) is 5.56 Å². The van der Waals surface area contributed by atoms with Crippen molar-refractivity contribution in [2.24, 2.45) is 5.73 Å². The summed E-state index contributed by atoms with van der Waals surface area (Å²) in [4.78, 5) is 4.33. The van der Waals surface area contributed by atoms with Gasteiger partial charge in [-0.3, -0.25) is 4.98 Å². The highest BCUT2D eigenvalue weighted by Gasteiger charge is 2.17. The summed E-state index contributed by atoms with van der Waals surface area (Å²) in [6.45, 7) is 5.84. The van der Waals surface area contributed by atoms with Gasteiger partial charge in [-0.25, -0.2) is 4.39 Å². The smallest absolute Gasteiger partial charge is 0.128 e. The normalized spacial score (nSPS) is 12.5. The molecule has 2 nitrogen and oxygen atoms in total. The Morgan fingerprint density at radius 1 is 1.11 bits per heavy atom. The van der Waals surface area contributed by atoms with Gasteiger partial charge in [0.1, 0.15) is 5.82 Å². The number of aromatic nitrogens is 1. The second-order valence-electron chi connectivity index (χ2n) is 4.72. The molecule has 0 spiro atoms. The van der Waals surface area contributed by atoms with E-state index in [1.807, 2.05) is 26.8 Å². The van der Waals surface area contributed by atoms with E-state index in [4.69, 9.17) is 5.73 Å². The summed E-state index contributed by atoms with van der Waals surface area (Å²) < 4.78 is 13.8. The second-order valence-corrected chi connectivity index (χ2v) is 4.72. The monoisotopic (exact) mass is 244 g/mol. The Morgan fingerprint density at radius 3 is 2.50 bits per heavy atom. The summed E-state index contributed by atoms with van der Waals surface area (Å²) in [5, 5.41) is 0. The van der Waals surface area contributed by atoms with Gasteiger partial charge in [0.05, 0.1) is 11.7 Å². The summed E-state index contributed by atoms with van der Waals surface area (Å²) in [5.41, 5.74) is 10.4. The Balaban J connectivity index is 2.47. The van der Waals surface area contributed by atoms with Crippen LogP contribution < -0.4 is 5.73 Å². The van der Waals surface area contributed by atoms with Crippen LogP contribution in [0.2, 0.25) is 0 Å². The van der Waals surface area contributed by atoms with Crippen molar-refractivity contribution in [2.45, 2.75) is 26.8 Å². The summed E-state index contributed by atoms with van der Waals surface area (Å²) in [6.07, 6.45) is 1.76. The van der Waals surface area contributed by atoms with Crippen molar-refractivity contribution >= 4 is 0 Å². The maximum absolute atomic E-state index is 13.8. The molecular weight excluding hydrogens is 227 g/mol. The van der Waals surface area contributed by atoms with E-state index in [1.54, 1.807) is 18.3 Å². The lowest BCUT2D eigenvalue weighted by atomic mass is 9.98. The predicted molar refractivity (Wildman–Crippen MR) is 70.9 cm³/mol. The predicted octanol–water partition coefficient (Wildman–Crippen LogP) is 3.19. The zero-order chi connectivity index (χ0) is 13.3. The lowest BCUT2D eigenvalue weighted by molar-refractivity contribution is 0.596. The van der Waals surface area contributed by atoms with Gasteiger partial charge in [-0.05, 0) is 38.0 Å². The quantitative estimate of drug-likeness (QED) is 0.881. The van der Waals surface area contributed by atoms with E-state index in [9.17, 15) is 4.39 Å². The first-order chi connectivity index (χ1) is 8.49. The van der Waals surface area contributed by atoms with E-state index in [0.717, 1.165) is 22.4 Å². The summed E-state index contributed by atoms with van der Waals surface area (Å²) in [5.74, 6) is -0.283. The third kappa shape index (κ3) is 2.41. The average Bonchev–Trinajstić information content (AvgIpc) is 2.31. The van der Waals surface area contributed by atoms with E-state index < -0.39 is 6.04 Å². The largest absolute Gasteiger partial charge is 0.319 e. The first-order valence-electron chi connectivity index (χ1n) is 5.94. The van der Waals surface area contributed by atoms with Gasteiger partial charge in [0.15, 0.2) is 0 Å². The maximum Gasteiger partial charge on any atom is 0.128 e. The fourth-order valence-electron chi connectivity index (χ4n) is 2.10. The van der Waals surface area contributed by atoms with E-state index >= 15 is 0 Å². The number of benzene rings is 1. The van der Waals surface area contributed by atoms with Gasteiger partial charge >= 0.3 is 0 Å². The number of nitrogens with zero attached hydrogens (tertiary/aromatic N) is 1. The Morgan fingerprint density at radius 2 is 1.83 bits per heavy atom. The molecule has 94 valence electrons. The third-order valence-electron chi connectivity index (χ3n) is 3.04. The molecule has 18 heavy (non-hydrogen) atoms. The lowest BCUT2D eigenvalue weighted by Gasteiger charge is -2.15. The molecule has 1 aromatic heterocycles. The molecule has 1 aromatic carbocycles. The molecule has 2 N–H and O–H groups in total. The number of nitrogens with two attached hydrogens (primary N) is 1. The maximum atomic E-state index is 13.8. The zero-order valence-corrected chi connectivity index (χ0v) is 10.9. The molecule has 0 aliphatic heterocycles. The highest BCUT2D eigenvalue weighted by molar-refractivity contribution is 5.35. The molecule has 2 rings (SSSR count). The van der Waals surface area contributed by atoms with Crippen LogP contribution in [-0.4, -0.2) is 4.98 Å². The fraction of sp³-hybridized carbons (Fsp3) is 0.267. The van der Waals surface area contributed by atoms with Crippen molar-refractivity contribution in [1.29, 1.82) is 0 Å². The summed E-state index contributed by atoms with van der Waals surface area (Å²) in [7, 11) is 0. The molecule has 0 saturated carbocycles. The molecule has 1 heterocycles. The Kier molecular flexibility index (Phi) is 3.43. The summed E-state index contributed by atoms with van der Waals surface area (Å²) in [6, 6.07) is 6.46. The molecule has 0 aliphatic rings. The second kappa shape index (κ2) is 4.86. The summed E-state index contributed by atoms with van der Waals surface area (Å²) >= 11 is 0. The van der Waals surface area contributed by atoms with Gasteiger partial charge in [0.2, 0.25) is 0 Å². The third-order valence-corrected chi connectivity index (χ3v) is 3.04. The van der Waals surface area contributed by atoms with Gasteiger partial charge in [-0.15, -0.1) is 0 Å². The van der Waals surface area contributed by atoms with Crippen molar-refractivity contribution in [3.05, 3.63) is 64.2 Å². The number of halogens is 1. The minimum atomic E-state index is -0.523. The van der Waals surface area contributed by atoms with Crippen molar-refractivity contribution < 1.29 is 4.39 Å². The molecule has 0 bridgehead atoms. The minimum absolute atomic E-state index is 0.283. The number of rotatable bonds is 2. The number of aryl methyl sites for hydroxylation is 3. The van der Waals surface area contributed by atoms with Crippen molar-refractivity contribution in [3.8, 4) is 0 Å². The van der Waals surface area contributed by atoms with E-state index in [-0.39, 0.29) is 5.82 Å². The zero-order valence-electron chi connectivity index (χ0n) is 10.9. The molecule has 0 saturated heterocycles. The van der Waals surface area contributed by atoms with Crippen LogP contribution in [0.25, 0.3) is 0 Å². The van der Waals surface area contributed by atoms with Crippen LogP contribution in [0.15, 0.2) is 30.5 Å². The van der Waals surface area contributed by atoms with Gasteiger partial charge in [-0.2, -0.15) is 0 Å². The topological polar surface area (TPSA) is 38.9 Å². The lowest BCUT2D eigenvalue weighted by Crippen LogP contribution is -2.17. The molecule has 1 unspecified atom stereocenters. The molecule has 3 heteroatoms. The molecule has 0 aliphatic carbocycles. The fourth-order valence-corrected chi connectivity index (χ4v) is 2.10. The number of pyridine rings is 1. The molecule has 2 aromatic rings. The van der Waals surface area contributed by atoms with Crippen LogP contribution >= 0.6 is 0 Å². The van der Waals surface area contributed by atoms with Gasteiger partial charge in [0, 0.05) is 11.8 Å². The van der Waals surface area contributed by atoms with Crippen LogP contribution in [0.4, 0.5) is 4.39 Å². The number of hydrogen-bond acceptors (Lipinski definition) is 2.